The van der Waals surface area contributed by atoms with Crippen LogP contribution in [0.25, 0.3) is 0 Å². The van der Waals surface area contributed by atoms with Gasteiger partial charge < -0.3 is 15.0 Å². The summed E-state index contributed by atoms with van der Waals surface area (Å²) in [5, 5.41) is 2.82. The van der Waals surface area contributed by atoms with Gasteiger partial charge in [0, 0.05) is 32.1 Å². The van der Waals surface area contributed by atoms with Crippen molar-refractivity contribution < 1.29 is 9.53 Å². The molecule has 0 saturated heterocycles. The Kier molecular flexibility index (Phi) is 4.02. The van der Waals surface area contributed by atoms with E-state index in [0.717, 1.165) is 17.7 Å². The van der Waals surface area contributed by atoms with Gasteiger partial charge in [0.1, 0.15) is 0 Å². The average molecular weight is 249 g/mol. The van der Waals surface area contributed by atoms with E-state index in [2.05, 4.69) is 10.3 Å². The van der Waals surface area contributed by atoms with Gasteiger partial charge in [0.05, 0.1) is 12.3 Å². The van der Waals surface area contributed by atoms with Crippen LogP contribution in [0.5, 0.6) is 5.88 Å². The molecule has 0 fully saturated rings. The van der Waals surface area contributed by atoms with E-state index in [0.29, 0.717) is 32.1 Å². The SMILES string of the molecule is CCNC(=O)N1CCc2nc(OCC)ccc2C1. The lowest BCUT2D eigenvalue weighted by molar-refractivity contribution is 0.192. The van der Waals surface area contributed by atoms with Crippen LogP contribution in [0.4, 0.5) is 4.79 Å². The van der Waals surface area contributed by atoms with Gasteiger partial charge in [0.25, 0.3) is 0 Å². The molecular weight excluding hydrogens is 230 g/mol. The number of nitrogens with zero attached hydrogens (tertiary/aromatic N) is 2. The van der Waals surface area contributed by atoms with Gasteiger partial charge in [-0.15, -0.1) is 0 Å². The van der Waals surface area contributed by atoms with Gasteiger partial charge in [-0.25, -0.2) is 9.78 Å². The van der Waals surface area contributed by atoms with Crippen LogP contribution in [0.15, 0.2) is 12.1 Å². The third-order valence-electron chi connectivity index (χ3n) is 2.93. The van der Waals surface area contributed by atoms with Gasteiger partial charge in [-0.05, 0) is 19.4 Å². The molecular formula is C13H19N3O2. The maximum Gasteiger partial charge on any atom is 0.317 e. The zero-order valence-corrected chi connectivity index (χ0v) is 10.9. The second-order valence-corrected chi connectivity index (χ2v) is 4.20. The Bertz CT molecular complexity index is 434. The van der Waals surface area contributed by atoms with Gasteiger partial charge in [0.2, 0.25) is 5.88 Å². The first-order valence-electron chi connectivity index (χ1n) is 6.39. The lowest BCUT2D eigenvalue weighted by atomic mass is 10.1. The maximum atomic E-state index is 11.7. The Morgan fingerprint density at radius 1 is 1.50 bits per heavy atom. The van der Waals surface area contributed by atoms with Crippen LogP contribution in [-0.2, 0) is 13.0 Å². The molecule has 1 aromatic heterocycles. The molecule has 5 heteroatoms. The molecule has 0 atom stereocenters. The number of amides is 2. The van der Waals surface area contributed by atoms with Crippen molar-refractivity contribution in [1.29, 1.82) is 0 Å². The van der Waals surface area contributed by atoms with Crippen molar-refractivity contribution in [2.75, 3.05) is 19.7 Å². The van der Waals surface area contributed by atoms with Crippen molar-refractivity contribution >= 4 is 6.03 Å². The van der Waals surface area contributed by atoms with Crippen molar-refractivity contribution in [2.45, 2.75) is 26.8 Å². The summed E-state index contributed by atoms with van der Waals surface area (Å²) in [7, 11) is 0. The van der Waals surface area contributed by atoms with E-state index in [9.17, 15) is 4.79 Å². The summed E-state index contributed by atoms with van der Waals surface area (Å²) in [5.74, 6) is 0.669. The van der Waals surface area contributed by atoms with E-state index < -0.39 is 0 Å². The van der Waals surface area contributed by atoms with Crippen molar-refractivity contribution in [3.05, 3.63) is 23.4 Å². The molecule has 0 bridgehead atoms. The van der Waals surface area contributed by atoms with E-state index >= 15 is 0 Å². The molecule has 18 heavy (non-hydrogen) atoms. The summed E-state index contributed by atoms with van der Waals surface area (Å²) in [6.45, 7) is 6.48. The number of urea groups is 1. The molecule has 0 aliphatic carbocycles. The third kappa shape index (κ3) is 2.72. The van der Waals surface area contributed by atoms with E-state index in [4.69, 9.17) is 4.74 Å². The maximum absolute atomic E-state index is 11.7. The Balaban J connectivity index is 2.08. The molecule has 98 valence electrons. The Hall–Kier alpha value is -1.78. The fourth-order valence-electron chi connectivity index (χ4n) is 2.06. The molecule has 0 unspecified atom stereocenters. The average Bonchev–Trinajstić information content (AvgIpc) is 2.39. The molecule has 0 spiro atoms. The number of carbonyl (C=O) groups is 1. The predicted octanol–water partition coefficient (Wildman–Crippen LogP) is 1.57. The topological polar surface area (TPSA) is 54.5 Å². The van der Waals surface area contributed by atoms with Crippen molar-refractivity contribution in [2.24, 2.45) is 0 Å². The highest BCUT2D eigenvalue weighted by molar-refractivity contribution is 5.74. The number of carbonyl (C=O) groups excluding carboxylic acids is 1. The van der Waals surface area contributed by atoms with Crippen LogP contribution < -0.4 is 10.1 Å². The highest BCUT2D eigenvalue weighted by atomic mass is 16.5. The number of hydrogen-bond acceptors (Lipinski definition) is 3. The number of hydrogen-bond donors (Lipinski definition) is 1. The Labute approximate surface area is 107 Å². The first kappa shape index (κ1) is 12.7. The largest absolute Gasteiger partial charge is 0.478 e. The Morgan fingerprint density at radius 2 is 2.33 bits per heavy atom. The summed E-state index contributed by atoms with van der Waals surface area (Å²) in [5.41, 5.74) is 2.15. The zero-order chi connectivity index (χ0) is 13.0. The molecule has 1 aromatic rings. The standard InChI is InChI=1S/C13H19N3O2/c1-3-14-13(17)16-8-7-11-10(9-16)5-6-12(15-11)18-4-2/h5-6H,3-4,7-9H2,1-2H3,(H,14,17). The highest BCUT2D eigenvalue weighted by Gasteiger charge is 2.21. The van der Waals surface area contributed by atoms with E-state index in [1.807, 2.05) is 30.9 Å². The zero-order valence-electron chi connectivity index (χ0n) is 10.9. The van der Waals surface area contributed by atoms with Gasteiger partial charge in [-0.3, -0.25) is 0 Å². The molecule has 1 N–H and O–H groups in total. The van der Waals surface area contributed by atoms with Crippen LogP contribution in [0.3, 0.4) is 0 Å². The normalized spacial score (nSPS) is 14.0. The van der Waals surface area contributed by atoms with Gasteiger partial charge in [-0.1, -0.05) is 6.07 Å². The quantitative estimate of drug-likeness (QED) is 0.884. The summed E-state index contributed by atoms with van der Waals surface area (Å²) in [6, 6.07) is 3.86. The number of pyridine rings is 1. The molecule has 0 saturated carbocycles. The van der Waals surface area contributed by atoms with Crippen molar-refractivity contribution in [3.63, 3.8) is 0 Å². The van der Waals surface area contributed by atoms with E-state index in [1.54, 1.807) is 0 Å². The minimum absolute atomic E-state index is 0.00275. The number of rotatable bonds is 3. The number of ether oxygens (including phenoxy) is 1. The molecule has 5 nitrogen and oxygen atoms in total. The smallest absolute Gasteiger partial charge is 0.317 e. The number of aromatic nitrogens is 1. The molecule has 1 aliphatic rings. The van der Waals surface area contributed by atoms with Crippen LogP contribution in [-0.4, -0.2) is 35.6 Å². The van der Waals surface area contributed by atoms with Gasteiger partial charge in [0.15, 0.2) is 0 Å². The van der Waals surface area contributed by atoms with Crippen LogP contribution in [0.1, 0.15) is 25.1 Å². The minimum Gasteiger partial charge on any atom is -0.478 e. The summed E-state index contributed by atoms with van der Waals surface area (Å²) in [6.07, 6.45) is 0.785. The molecule has 1 aliphatic heterocycles. The van der Waals surface area contributed by atoms with Crippen LogP contribution in [0, 0.1) is 0 Å². The number of fused-ring (bicyclic) bond motifs is 1. The summed E-state index contributed by atoms with van der Waals surface area (Å²) >= 11 is 0. The molecule has 0 aromatic carbocycles. The lowest BCUT2D eigenvalue weighted by Crippen LogP contribution is -2.42. The first-order valence-corrected chi connectivity index (χ1v) is 6.39. The van der Waals surface area contributed by atoms with E-state index in [1.165, 1.54) is 0 Å². The second-order valence-electron chi connectivity index (χ2n) is 4.20. The second kappa shape index (κ2) is 5.71. The number of nitrogens with one attached hydrogen (secondary N) is 1. The lowest BCUT2D eigenvalue weighted by Gasteiger charge is -2.28. The Morgan fingerprint density at radius 3 is 3.06 bits per heavy atom. The monoisotopic (exact) mass is 249 g/mol. The first-order chi connectivity index (χ1) is 8.74. The summed E-state index contributed by atoms with van der Waals surface area (Å²) < 4.78 is 5.38. The fourth-order valence-corrected chi connectivity index (χ4v) is 2.06. The van der Waals surface area contributed by atoms with E-state index in [-0.39, 0.29) is 6.03 Å². The third-order valence-corrected chi connectivity index (χ3v) is 2.93. The predicted molar refractivity (Wildman–Crippen MR) is 68.6 cm³/mol. The molecule has 0 radical (unpaired) electrons. The summed E-state index contributed by atoms with van der Waals surface area (Å²) in [4.78, 5) is 18.0. The van der Waals surface area contributed by atoms with Gasteiger partial charge in [-0.2, -0.15) is 0 Å². The van der Waals surface area contributed by atoms with Gasteiger partial charge >= 0.3 is 6.03 Å². The fraction of sp³-hybridized carbons (Fsp3) is 0.538. The molecule has 2 heterocycles. The minimum atomic E-state index is -0.00275. The van der Waals surface area contributed by atoms with Crippen molar-refractivity contribution in [3.8, 4) is 5.88 Å². The molecule has 2 rings (SSSR count). The van der Waals surface area contributed by atoms with Crippen LogP contribution in [0.2, 0.25) is 0 Å². The van der Waals surface area contributed by atoms with Crippen molar-refractivity contribution in [1.82, 2.24) is 15.2 Å². The molecule has 2 amide bonds. The highest BCUT2D eigenvalue weighted by Crippen LogP contribution is 2.20. The van der Waals surface area contributed by atoms with Crippen LogP contribution >= 0.6 is 0 Å².